The third-order valence-corrected chi connectivity index (χ3v) is 7.67. The molecule has 2 fully saturated rings. The molecule has 0 unspecified atom stereocenters. The van der Waals surface area contributed by atoms with Crippen LogP contribution in [-0.2, 0) is 10.7 Å². The van der Waals surface area contributed by atoms with E-state index in [1.807, 2.05) is 6.07 Å². The van der Waals surface area contributed by atoms with Gasteiger partial charge in [-0.2, -0.15) is 13.9 Å². The Kier molecular flexibility index (Phi) is 6.43. The third-order valence-electron chi connectivity index (χ3n) is 7.67. The van der Waals surface area contributed by atoms with Crippen molar-refractivity contribution in [2.75, 3.05) is 36.5 Å². The molecule has 4 heterocycles. The number of halogens is 3. The first-order valence-corrected chi connectivity index (χ1v) is 12.4. The predicted molar refractivity (Wildman–Crippen MR) is 133 cm³/mol. The number of hydrogen-bond donors (Lipinski definition) is 3. The van der Waals surface area contributed by atoms with Gasteiger partial charge in [-0.3, -0.25) is 9.78 Å². The van der Waals surface area contributed by atoms with Gasteiger partial charge in [0.05, 0.1) is 40.1 Å². The average Bonchev–Trinajstić information content (AvgIpc) is 3.25. The Morgan fingerprint density at radius 2 is 2.00 bits per heavy atom. The van der Waals surface area contributed by atoms with Crippen molar-refractivity contribution in [1.82, 2.24) is 20.5 Å². The van der Waals surface area contributed by atoms with Crippen molar-refractivity contribution in [2.24, 2.45) is 5.41 Å². The number of fused-ring (bicyclic) bond motifs is 1. The number of pyridine rings is 1. The molecule has 11 heteroatoms. The largest absolute Gasteiger partial charge is 0.390 e. The Hall–Kier alpha value is -3.47. The van der Waals surface area contributed by atoms with Gasteiger partial charge in [0.1, 0.15) is 12.4 Å². The Morgan fingerprint density at radius 1 is 1.24 bits per heavy atom. The van der Waals surface area contributed by atoms with Crippen LogP contribution < -0.4 is 15.5 Å². The van der Waals surface area contributed by atoms with E-state index in [0.717, 1.165) is 37.6 Å². The highest BCUT2D eigenvalue weighted by Crippen LogP contribution is 2.40. The van der Waals surface area contributed by atoms with Gasteiger partial charge in [0, 0.05) is 30.6 Å². The number of aromatic nitrogens is 3. The molecule has 0 aliphatic carbocycles. The normalized spacial score (nSPS) is 18.3. The number of anilines is 2. The summed E-state index contributed by atoms with van der Waals surface area (Å²) in [5.74, 6) is -4.28. The number of nitrogens with one attached hydrogen (secondary N) is 2. The molecule has 1 spiro atoms. The van der Waals surface area contributed by atoms with Gasteiger partial charge in [0.15, 0.2) is 5.82 Å². The molecule has 1 aromatic carbocycles. The molecular formula is C26H29F3N6O2. The maximum atomic E-state index is 15.0. The monoisotopic (exact) mass is 514 g/mol. The summed E-state index contributed by atoms with van der Waals surface area (Å²) in [5, 5.41) is 24.2. The second-order valence-electron chi connectivity index (χ2n) is 9.93. The molecule has 2 aliphatic rings. The average molecular weight is 515 g/mol. The number of benzene rings is 1. The minimum absolute atomic E-state index is 0.0152. The van der Waals surface area contributed by atoms with Crippen LogP contribution in [0, 0.1) is 18.2 Å². The third kappa shape index (κ3) is 4.45. The summed E-state index contributed by atoms with van der Waals surface area (Å²) < 4.78 is 43.1. The minimum atomic E-state index is -3.69. The highest BCUT2D eigenvalue weighted by molar-refractivity contribution is 5.92. The number of nitrogens with zero attached hydrogens (tertiary/aromatic N) is 4. The second kappa shape index (κ2) is 9.44. The van der Waals surface area contributed by atoms with Gasteiger partial charge >= 0.3 is 0 Å². The van der Waals surface area contributed by atoms with Crippen LogP contribution in [0.5, 0.6) is 0 Å². The number of alkyl halides is 2. The molecule has 0 bridgehead atoms. The summed E-state index contributed by atoms with van der Waals surface area (Å²) in [6.07, 6.45) is 4.16. The lowest BCUT2D eigenvalue weighted by atomic mass is 9.77. The maximum absolute atomic E-state index is 15.0. The standard InChI is InChI=1S/C26H29F3N6O2/c1-15(18-4-3-5-20(21(18)27)26(28,29)14-36)32-23-19-12-17(13-31-22(19)16(2)33-34-23)35-10-7-25(8-11-35)6-9-30-24(25)37/h3-5,12-13,15,36H,6-11,14H2,1-2H3,(H,30,37)(H,32,34)/t15-/m1/s1. The van der Waals surface area contributed by atoms with E-state index in [1.54, 1.807) is 20.0 Å². The van der Waals surface area contributed by atoms with Crippen LogP contribution in [0.15, 0.2) is 30.5 Å². The second-order valence-corrected chi connectivity index (χ2v) is 9.93. The van der Waals surface area contributed by atoms with Crippen molar-refractivity contribution in [1.29, 1.82) is 0 Å². The van der Waals surface area contributed by atoms with Crippen molar-refractivity contribution in [3.63, 3.8) is 0 Å². The molecule has 1 amide bonds. The number of piperidine rings is 1. The van der Waals surface area contributed by atoms with E-state index in [1.165, 1.54) is 12.1 Å². The molecule has 0 radical (unpaired) electrons. The fraction of sp³-hybridized carbons (Fsp3) is 0.462. The summed E-state index contributed by atoms with van der Waals surface area (Å²) in [5.41, 5.74) is 0.995. The van der Waals surface area contributed by atoms with Gasteiger partial charge in [-0.05, 0) is 45.2 Å². The van der Waals surface area contributed by atoms with Crippen LogP contribution in [0.2, 0.25) is 0 Å². The van der Waals surface area contributed by atoms with E-state index in [4.69, 9.17) is 5.11 Å². The smallest absolute Gasteiger partial charge is 0.298 e. The first kappa shape index (κ1) is 25.2. The van der Waals surface area contributed by atoms with Crippen LogP contribution in [0.4, 0.5) is 24.7 Å². The number of aliphatic hydroxyl groups is 1. The van der Waals surface area contributed by atoms with Crippen molar-refractivity contribution < 1.29 is 23.1 Å². The summed E-state index contributed by atoms with van der Waals surface area (Å²) in [6.45, 7) is 4.10. The van der Waals surface area contributed by atoms with Gasteiger partial charge in [-0.15, -0.1) is 5.10 Å². The summed E-state index contributed by atoms with van der Waals surface area (Å²) >= 11 is 0. The number of rotatable bonds is 6. The molecule has 2 aliphatic heterocycles. The number of aryl methyl sites for hydroxylation is 1. The van der Waals surface area contributed by atoms with Crippen LogP contribution in [0.1, 0.15) is 49.0 Å². The highest BCUT2D eigenvalue weighted by Gasteiger charge is 2.44. The topological polar surface area (TPSA) is 103 Å². The number of carbonyl (C=O) groups excluding carboxylic acids is 1. The number of aliphatic hydroxyl groups excluding tert-OH is 1. The summed E-state index contributed by atoms with van der Waals surface area (Å²) in [7, 11) is 0. The number of hydrogen-bond acceptors (Lipinski definition) is 7. The fourth-order valence-electron chi connectivity index (χ4n) is 5.35. The zero-order valence-corrected chi connectivity index (χ0v) is 20.7. The van der Waals surface area contributed by atoms with E-state index in [2.05, 4.69) is 30.7 Å². The van der Waals surface area contributed by atoms with Crippen molar-refractivity contribution in [3.8, 4) is 0 Å². The van der Waals surface area contributed by atoms with Gasteiger partial charge in [0.2, 0.25) is 5.91 Å². The molecule has 37 heavy (non-hydrogen) atoms. The van der Waals surface area contributed by atoms with E-state index in [-0.39, 0.29) is 16.9 Å². The zero-order chi connectivity index (χ0) is 26.4. The lowest BCUT2D eigenvalue weighted by Crippen LogP contribution is -2.44. The van der Waals surface area contributed by atoms with E-state index >= 15 is 4.39 Å². The zero-order valence-electron chi connectivity index (χ0n) is 20.7. The van der Waals surface area contributed by atoms with Gasteiger partial charge in [-0.25, -0.2) is 4.39 Å². The van der Waals surface area contributed by atoms with E-state index in [0.29, 0.717) is 35.5 Å². The van der Waals surface area contributed by atoms with Gasteiger partial charge in [-0.1, -0.05) is 12.1 Å². The molecule has 2 aromatic heterocycles. The van der Waals surface area contributed by atoms with E-state index in [9.17, 15) is 13.6 Å². The lowest BCUT2D eigenvalue weighted by Gasteiger charge is -2.38. The lowest BCUT2D eigenvalue weighted by molar-refractivity contribution is -0.128. The predicted octanol–water partition coefficient (Wildman–Crippen LogP) is 3.84. The Bertz CT molecular complexity index is 1340. The number of carbonyl (C=O) groups is 1. The van der Waals surface area contributed by atoms with E-state index < -0.39 is 30.0 Å². The molecule has 0 saturated carbocycles. The van der Waals surface area contributed by atoms with Crippen molar-refractivity contribution in [3.05, 3.63) is 53.1 Å². The van der Waals surface area contributed by atoms with Gasteiger partial charge < -0.3 is 20.6 Å². The summed E-state index contributed by atoms with van der Waals surface area (Å²) in [4.78, 5) is 19.1. The molecule has 5 rings (SSSR count). The highest BCUT2D eigenvalue weighted by atomic mass is 19.3. The first-order chi connectivity index (χ1) is 17.6. The minimum Gasteiger partial charge on any atom is -0.390 e. The Labute approximate surface area is 212 Å². The fourth-order valence-corrected chi connectivity index (χ4v) is 5.35. The quantitative estimate of drug-likeness (QED) is 0.459. The molecule has 8 nitrogen and oxygen atoms in total. The number of amides is 1. The molecule has 196 valence electrons. The first-order valence-electron chi connectivity index (χ1n) is 12.4. The van der Waals surface area contributed by atoms with Crippen LogP contribution in [0.3, 0.4) is 0 Å². The molecular weight excluding hydrogens is 485 g/mol. The molecule has 1 atom stereocenters. The Balaban J connectivity index is 1.43. The SMILES string of the molecule is Cc1nnc(N[C@H](C)c2cccc(C(F)(F)CO)c2F)c2cc(N3CCC4(CCNC4=O)CC3)cnc12. The van der Waals surface area contributed by atoms with Crippen molar-refractivity contribution in [2.45, 2.75) is 45.1 Å². The molecule has 3 N–H and O–H groups in total. The van der Waals surface area contributed by atoms with Crippen molar-refractivity contribution >= 4 is 28.3 Å². The maximum Gasteiger partial charge on any atom is 0.298 e. The van der Waals surface area contributed by atoms with Crippen LogP contribution in [-0.4, -0.2) is 52.4 Å². The summed E-state index contributed by atoms with van der Waals surface area (Å²) in [6, 6.07) is 4.94. The van der Waals surface area contributed by atoms with Crippen LogP contribution >= 0.6 is 0 Å². The molecule has 2 saturated heterocycles. The van der Waals surface area contributed by atoms with Crippen LogP contribution in [0.25, 0.3) is 10.9 Å². The van der Waals surface area contributed by atoms with Gasteiger partial charge in [0.25, 0.3) is 5.92 Å². The molecule has 3 aromatic rings. The Morgan fingerprint density at radius 3 is 2.68 bits per heavy atom.